The average molecular weight is 363 g/mol. The van der Waals surface area contributed by atoms with Gasteiger partial charge in [-0.2, -0.15) is 5.26 Å². The van der Waals surface area contributed by atoms with Gasteiger partial charge in [0.05, 0.1) is 17.6 Å². The molecule has 3 rings (SSSR count). The zero-order chi connectivity index (χ0) is 17.1. The predicted molar refractivity (Wildman–Crippen MR) is 102 cm³/mol. The largest absolute Gasteiger partial charge is 0.371 e. The molecule has 2 aliphatic rings. The summed E-state index contributed by atoms with van der Waals surface area (Å²) in [6.07, 6.45) is 0.903. The molecule has 2 fully saturated rings. The van der Waals surface area contributed by atoms with Crippen LogP contribution in [0.15, 0.2) is 24.3 Å². The first kappa shape index (κ1) is 19.6. The molecule has 0 aromatic heterocycles. The van der Waals surface area contributed by atoms with Crippen LogP contribution in [0, 0.1) is 17.2 Å². The van der Waals surface area contributed by atoms with Gasteiger partial charge in [-0.1, -0.05) is 6.07 Å². The second-order valence-electron chi connectivity index (χ2n) is 7.05. The summed E-state index contributed by atoms with van der Waals surface area (Å²) in [5.74, 6) is 0.388. The first-order valence-corrected chi connectivity index (χ1v) is 8.86. The summed E-state index contributed by atoms with van der Waals surface area (Å²) in [5, 5.41) is 9.04. The van der Waals surface area contributed by atoms with Crippen LogP contribution in [-0.4, -0.2) is 61.0 Å². The van der Waals surface area contributed by atoms with Crippen LogP contribution < -0.4 is 4.90 Å². The Bertz CT molecular complexity index is 635. The van der Waals surface area contributed by atoms with Crippen molar-refractivity contribution in [3.8, 4) is 6.07 Å². The number of hydrogen-bond acceptors (Lipinski definition) is 4. The number of halogens is 1. The van der Waals surface area contributed by atoms with Gasteiger partial charge in [0.2, 0.25) is 5.91 Å². The van der Waals surface area contributed by atoms with Gasteiger partial charge in [-0.15, -0.1) is 12.4 Å². The van der Waals surface area contributed by atoms with Crippen molar-refractivity contribution in [1.82, 2.24) is 9.80 Å². The molecule has 2 heterocycles. The molecule has 0 unspecified atom stereocenters. The van der Waals surface area contributed by atoms with E-state index in [0.717, 1.165) is 51.4 Å². The molecule has 2 aliphatic heterocycles. The third-order valence-corrected chi connectivity index (χ3v) is 5.23. The monoisotopic (exact) mass is 362 g/mol. The first-order valence-electron chi connectivity index (χ1n) is 8.86. The highest BCUT2D eigenvalue weighted by molar-refractivity contribution is 5.85. The summed E-state index contributed by atoms with van der Waals surface area (Å²) in [6, 6.07) is 10.4. The van der Waals surface area contributed by atoms with E-state index in [1.54, 1.807) is 0 Å². The van der Waals surface area contributed by atoms with Crippen molar-refractivity contribution in [2.24, 2.45) is 5.92 Å². The topological polar surface area (TPSA) is 50.6 Å². The van der Waals surface area contributed by atoms with Gasteiger partial charge in [-0.3, -0.25) is 9.69 Å². The molecule has 0 spiro atoms. The maximum atomic E-state index is 12.8. The van der Waals surface area contributed by atoms with Crippen LogP contribution in [0.1, 0.15) is 25.8 Å². The number of piperazine rings is 1. The summed E-state index contributed by atoms with van der Waals surface area (Å²) >= 11 is 0. The minimum absolute atomic E-state index is 0. The Hall–Kier alpha value is -1.77. The van der Waals surface area contributed by atoms with Crippen LogP contribution in [0.2, 0.25) is 0 Å². The number of hydrogen-bond donors (Lipinski definition) is 0. The number of carbonyl (C=O) groups excluding carboxylic acids is 1. The molecular formula is C19H27ClN4O. The Balaban J connectivity index is 0.00000225. The van der Waals surface area contributed by atoms with Crippen molar-refractivity contribution >= 4 is 24.0 Å². The number of anilines is 1. The van der Waals surface area contributed by atoms with Crippen LogP contribution in [0.25, 0.3) is 0 Å². The minimum atomic E-state index is 0. The van der Waals surface area contributed by atoms with Gasteiger partial charge in [0, 0.05) is 51.0 Å². The molecule has 1 aromatic rings. The molecule has 0 aliphatic carbocycles. The Kier molecular flexibility index (Phi) is 6.69. The second-order valence-corrected chi connectivity index (χ2v) is 7.05. The summed E-state index contributed by atoms with van der Waals surface area (Å²) in [7, 11) is 0. The van der Waals surface area contributed by atoms with Crippen LogP contribution in [0.4, 0.5) is 5.69 Å². The lowest BCUT2D eigenvalue weighted by Crippen LogP contribution is -2.52. The molecule has 5 nitrogen and oxygen atoms in total. The fourth-order valence-corrected chi connectivity index (χ4v) is 3.69. The van der Waals surface area contributed by atoms with Gasteiger partial charge in [0.25, 0.3) is 0 Å². The van der Waals surface area contributed by atoms with Gasteiger partial charge < -0.3 is 9.80 Å². The number of nitriles is 1. The lowest BCUT2D eigenvalue weighted by Gasteiger charge is -2.37. The van der Waals surface area contributed by atoms with Gasteiger partial charge in [-0.05, 0) is 38.5 Å². The van der Waals surface area contributed by atoms with Crippen LogP contribution >= 0.6 is 12.4 Å². The predicted octanol–water partition coefficient (Wildman–Crippen LogP) is 2.36. The van der Waals surface area contributed by atoms with Gasteiger partial charge >= 0.3 is 0 Å². The number of benzene rings is 1. The van der Waals surface area contributed by atoms with Crippen molar-refractivity contribution in [3.05, 3.63) is 29.8 Å². The number of amides is 1. The normalized spacial score (nSPS) is 21.1. The SMILES string of the molecule is CC(C)N1CCN(C(=O)[C@H]2CCN(c3cccc(C#N)c3)C2)CC1.Cl. The van der Waals surface area contributed by atoms with Crippen LogP contribution in [0.5, 0.6) is 0 Å². The Morgan fingerprint density at radius 2 is 1.92 bits per heavy atom. The van der Waals surface area contributed by atoms with Crippen molar-refractivity contribution in [2.45, 2.75) is 26.3 Å². The van der Waals surface area contributed by atoms with E-state index >= 15 is 0 Å². The fourth-order valence-electron chi connectivity index (χ4n) is 3.69. The fraction of sp³-hybridized carbons (Fsp3) is 0.579. The lowest BCUT2D eigenvalue weighted by molar-refractivity contribution is -0.136. The summed E-state index contributed by atoms with van der Waals surface area (Å²) < 4.78 is 0. The summed E-state index contributed by atoms with van der Waals surface area (Å²) in [6.45, 7) is 9.71. The van der Waals surface area contributed by atoms with E-state index in [0.29, 0.717) is 17.5 Å². The molecule has 25 heavy (non-hydrogen) atoms. The molecule has 1 amide bonds. The van der Waals surface area contributed by atoms with Gasteiger partial charge in [-0.25, -0.2) is 0 Å². The van der Waals surface area contributed by atoms with E-state index in [4.69, 9.17) is 5.26 Å². The van der Waals surface area contributed by atoms with E-state index < -0.39 is 0 Å². The minimum Gasteiger partial charge on any atom is -0.371 e. The van der Waals surface area contributed by atoms with E-state index in [2.05, 4.69) is 29.7 Å². The third kappa shape index (κ3) is 4.45. The summed E-state index contributed by atoms with van der Waals surface area (Å²) in [4.78, 5) is 19.5. The molecule has 1 aromatic carbocycles. The van der Waals surface area contributed by atoms with Gasteiger partial charge in [0.15, 0.2) is 0 Å². The Morgan fingerprint density at radius 1 is 1.20 bits per heavy atom. The quantitative estimate of drug-likeness (QED) is 0.828. The van der Waals surface area contributed by atoms with E-state index in [1.165, 1.54) is 0 Å². The second kappa shape index (κ2) is 8.55. The van der Waals surface area contributed by atoms with E-state index in [9.17, 15) is 4.79 Å². The highest BCUT2D eigenvalue weighted by Crippen LogP contribution is 2.26. The van der Waals surface area contributed by atoms with Crippen molar-refractivity contribution in [1.29, 1.82) is 5.26 Å². The molecule has 136 valence electrons. The van der Waals surface area contributed by atoms with Crippen LogP contribution in [-0.2, 0) is 4.79 Å². The molecule has 0 radical (unpaired) electrons. The maximum Gasteiger partial charge on any atom is 0.227 e. The highest BCUT2D eigenvalue weighted by atomic mass is 35.5. The average Bonchev–Trinajstić information content (AvgIpc) is 3.11. The molecule has 0 bridgehead atoms. The van der Waals surface area contributed by atoms with Crippen LogP contribution in [0.3, 0.4) is 0 Å². The number of rotatable bonds is 3. The molecular weight excluding hydrogens is 336 g/mol. The maximum absolute atomic E-state index is 12.8. The van der Waals surface area contributed by atoms with Crippen molar-refractivity contribution in [3.63, 3.8) is 0 Å². The molecule has 0 saturated carbocycles. The van der Waals surface area contributed by atoms with E-state index in [1.807, 2.05) is 29.2 Å². The van der Waals surface area contributed by atoms with E-state index in [-0.39, 0.29) is 18.3 Å². The zero-order valence-corrected chi connectivity index (χ0v) is 15.8. The smallest absolute Gasteiger partial charge is 0.227 e. The molecule has 6 heteroatoms. The number of carbonyl (C=O) groups is 1. The van der Waals surface area contributed by atoms with Gasteiger partial charge in [0.1, 0.15) is 0 Å². The lowest BCUT2D eigenvalue weighted by atomic mass is 10.1. The summed E-state index contributed by atoms with van der Waals surface area (Å²) in [5.41, 5.74) is 1.72. The first-order chi connectivity index (χ1) is 11.6. The zero-order valence-electron chi connectivity index (χ0n) is 15.0. The van der Waals surface area contributed by atoms with Crippen molar-refractivity contribution in [2.75, 3.05) is 44.2 Å². The molecule has 1 atom stereocenters. The highest BCUT2D eigenvalue weighted by Gasteiger charge is 2.33. The number of nitrogens with zero attached hydrogens (tertiary/aromatic N) is 4. The Morgan fingerprint density at radius 3 is 2.56 bits per heavy atom. The third-order valence-electron chi connectivity index (χ3n) is 5.23. The van der Waals surface area contributed by atoms with Crippen molar-refractivity contribution < 1.29 is 4.79 Å². The standard InChI is InChI=1S/C19H26N4O.ClH/c1-15(2)21-8-10-22(11-9-21)19(24)17-6-7-23(14-17)18-5-3-4-16(12-18)13-20;/h3-5,12,15,17H,6-11,14H2,1-2H3;1H/t17-;/m0./s1. The molecule has 0 N–H and O–H groups in total. The Labute approximate surface area is 156 Å². The molecule has 2 saturated heterocycles.